The fourth-order valence-corrected chi connectivity index (χ4v) is 2.92. The molecule has 3 heteroatoms. The van der Waals surface area contributed by atoms with Crippen molar-refractivity contribution < 1.29 is 0 Å². The molecule has 0 bridgehead atoms. The van der Waals surface area contributed by atoms with E-state index in [0.717, 1.165) is 12.1 Å². The molecule has 18 heavy (non-hydrogen) atoms. The lowest BCUT2D eigenvalue weighted by Crippen LogP contribution is -2.43. The van der Waals surface area contributed by atoms with Crippen LogP contribution in [0.15, 0.2) is 0 Å². The highest BCUT2D eigenvalue weighted by atomic mass is 15.1. The van der Waals surface area contributed by atoms with Crippen LogP contribution < -0.4 is 5.32 Å². The van der Waals surface area contributed by atoms with E-state index >= 15 is 0 Å². The standard InChI is InChI=1S/C15H33N3/c1-5-10-16-14-8-6-9-15(13-14)18(4)12-7-11-17(2)3/h14-16H,5-13H2,1-4H3. The Hall–Kier alpha value is -0.120. The summed E-state index contributed by atoms with van der Waals surface area (Å²) in [5, 5.41) is 3.70. The fourth-order valence-electron chi connectivity index (χ4n) is 2.92. The molecule has 1 aliphatic carbocycles. The van der Waals surface area contributed by atoms with Crippen LogP contribution in [-0.4, -0.2) is 62.7 Å². The van der Waals surface area contributed by atoms with Gasteiger partial charge in [0.1, 0.15) is 0 Å². The van der Waals surface area contributed by atoms with E-state index in [9.17, 15) is 0 Å². The Kier molecular flexibility index (Phi) is 7.87. The second-order valence-electron chi connectivity index (χ2n) is 6.11. The summed E-state index contributed by atoms with van der Waals surface area (Å²) >= 11 is 0. The minimum absolute atomic E-state index is 0.764. The van der Waals surface area contributed by atoms with E-state index in [1.807, 2.05) is 0 Å². The smallest absolute Gasteiger partial charge is 0.0107 e. The highest BCUT2D eigenvalue weighted by Crippen LogP contribution is 2.22. The lowest BCUT2D eigenvalue weighted by Gasteiger charge is -2.36. The van der Waals surface area contributed by atoms with Gasteiger partial charge in [0.05, 0.1) is 0 Å². The van der Waals surface area contributed by atoms with Crippen LogP contribution in [-0.2, 0) is 0 Å². The molecule has 0 aromatic heterocycles. The summed E-state index contributed by atoms with van der Waals surface area (Å²) < 4.78 is 0. The van der Waals surface area contributed by atoms with E-state index in [-0.39, 0.29) is 0 Å². The highest BCUT2D eigenvalue weighted by Gasteiger charge is 2.23. The van der Waals surface area contributed by atoms with Crippen molar-refractivity contribution in [2.24, 2.45) is 0 Å². The number of hydrogen-bond donors (Lipinski definition) is 1. The number of nitrogens with one attached hydrogen (secondary N) is 1. The lowest BCUT2D eigenvalue weighted by atomic mass is 9.90. The van der Waals surface area contributed by atoms with Gasteiger partial charge in [0, 0.05) is 12.1 Å². The van der Waals surface area contributed by atoms with Crippen LogP contribution in [0.3, 0.4) is 0 Å². The Morgan fingerprint density at radius 3 is 2.56 bits per heavy atom. The first-order valence-corrected chi connectivity index (χ1v) is 7.71. The van der Waals surface area contributed by atoms with Gasteiger partial charge < -0.3 is 15.1 Å². The lowest BCUT2D eigenvalue weighted by molar-refractivity contribution is 0.164. The van der Waals surface area contributed by atoms with Gasteiger partial charge in [-0.25, -0.2) is 0 Å². The third kappa shape index (κ3) is 6.17. The minimum atomic E-state index is 0.764. The van der Waals surface area contributed by atoms with E-state index in [1.165, 1.54) is 58.2 Å². The zero-order valence-corrected chi connectivity index (χ0v) is 12.9. The molecule has 0 saturated heterocycles. The van der Waals surface area contributed by atoms with Gasteiger partial charge in [0.25, 0.3) is 0 Å². The van der Waals surface area contributed by atoms with E-state index in [2.05, 4.69) is 43.2 Å². The molecule has 0 aliphatic heterocycles. The molecule has 1 fully saturated rings. The molecule has 2 unspecified atom stereocenters. The average Bonchev–Trinajstić information content (AvgIpc) is 2.36. The van der Waals surface area contributed by atoms with Crippen LogP contribution >= 0.6 is 0 Å². The fraction of sp³-hybridized carbons (Fsp3) is 1.00. The molecule has 1 aliphatic rings. The van der Waals surface area contributed by atoms with Crippen molar-refractivity contribution in [3.05, 3.63) is 0 Å². The zero-order valence-electron chi connectivity index (χ0n) is 12.9. The third-order valence-electron chi connectivity index (χ3n) is 4.07. The summed E-state index contributed by atoms with van der Waals surface area (Å²) in [7, 11) is 6.62. The Morgan fingerprint density at radius 2 is 1.89 bits per heavy atom. The second-order valence-corrected chi connectivity index (χ2v) is 6.11. The summed E-state index contributed by atoms with van der Waals surface area (Å²) in [6.07, 6.45) is 8.04. The Morgan fingerprint density at radius 1 is 1.11 bits per heavy atom. The molecule has 1 rings (SSSR count). The maximum atomic E-state index is 3.70. The van der Waals surface area contributed by atoms with Crippen LogP contribution in [0.4, 0.5) is 0 Å². The summed E-state index contributed by atoms with van der Waals surface area (Å²) in [5.41, 5.74) is 0. The maximum Gasteiger partial charge on any atom is 0.0107 e. The molecule has 1 saturated carbocycles. The molecule has 0 radical (unpaired) electrons. The van der Waals surface area contributed by atoms with Crippen molar-refractivity contribution in [3.63, 3.8) is 0 Å². The molecule has 0 aromatic rings. The van der Waals surface area contributed by atoms with E-state index in [1.54, 1.807) is 0 Å². The van der Waals surface area contributed by atoms with Crippen molar-refractivity contribution in [1.29, 1.82) is 0 Å². The molecule has 0 amide bonds. The first kappa shape index (κ1) is 15.9. The zero-order chi connectivity index (χ0) is 13.4. The normalized spacial score (nSPS) is 25.0. The predicted octanol–water partition coefficient (Wildman–Crippen LogP) is 2.18. The summed E-state index contributed by atoms with van der Waals surface area (Å²) in [4.78, 5) is 4.86. The van der Waals surface area contributed by atoms with E-state index in [4.69, 9.17) is 0 Å². The summed E-state index contributed by atoms with van der Waals surface area (Å²) in [5.74, 6) is 0. The van der Waals surface area contributed by atoms with Crippen molar-refractivity contribution in [3.8, 4) is 0 Å². The van der Waals surface area contributed by atoms with Crippen LogP contribution in [0.5, 0.6) is 0 Å². The average molecular weight is 255 g/mol. The van der Waals surface area contributed by atoms with Crippen LogP contribution in [0, 0.1) is 0 Å². The van der Waals surface area contributed by atoms with Crippen LogP contribution in [0.2, 0.25) is 0 Å². The topological polar surface area (TPSA) is 18.5 Å². The molecule has 0 spiro atoms. The number of nitrogens with zero attached hydrogens (tertiary/aromatic N) is 2. The largest absolute Gasteiger partial charge is 0.314 e. The Balaban J connectivity index is 2.22. The second kappa shape index (κ2) is 8.89. The SMILES string of the molecule is CCCNC1CCCC(N(C)CCCN(C)C)C1. The minimum Gasteiger partial charge on any atom is -0.314 e. The van der Waals surface area contributed by atoms with Gasteiger partial charge in [0.15, 0.2) is 0 Å². The van der Waals surface area contributed by atoms with Gasteiger partial charge in [-0.05, 0) is 72.9 Å². The first-order valence-electron chi connectivity index (χ1n) is 7.71. The predicted molar refractivity (Wildman–Crippen MR) is 80.1 cm³/mol. The summed E-state index contributed by atoms with van der Waals surface area (Å²) in [6, 6.07) is 1.57. The third-order valence-corrected chi connectivity index (χ3v) is 4.07. The van der Waals surface area contributed by atoms with Crippen LogP contribution in [0.1, 0.15) is 45.4 Å². The van der Waals surface area contributed by atoms with Crippen molar-refractivity contribution in [2.45, 2.75) is 57.5 Å². The Bertz CT molecular complexity index is 206. The van der Waals surface area contributed by atoms with E-state index < -0.39 is 0 Å². The summed E-state index contributed by atoms with van der Waals surface area (Å²) in [6.45, 7) is 5.88. The molecular formula is C15H33N3. The molecule has 0 heterocycles. The quantitative estimate of drug-likeness (QED) is 0.717. The number of hydrogen-bond acceptors (Lipinski definition) is 3. The first-order chi connectivity index (χ1) is 8.63. The molecule has 1 N–H and O–H groups in total. The molecule has 3 nitrogen and oxygen atoms in total. The van der Waals surface area contributed by atoms with Gasteiger partial charge in [-0.2, -0.15) is 0 Å². The highest BCUT2D eigenvalue weighted by molar-refractivity contribution is 4.82. The maximum absolute atomic E-state index is 3.70. The molecule has 2 atom stereocenters. The van der Waals surface area contributed by atoms with Gasteiger partial charge in [-0.15, -0.1) is 0 Å². The van der Waals surface area contributed by atoms with Gasteiger partial charge in [0.2, 0.25) is 0 Å². The number of rotatable bonds is 8. The molecular weight excluding hydrogens is 222 g/mol. The van der Waals surface area contributed by atoms with Crippen LogP contribution in [0.25, 0.3) is 0 Å². The molecule has 0 aromatic carbocycles. The van der Waals surface area contributed by atoms with Crippen molar-refractivity contribution in [1.82, 2.24) is 15.1 Å². The van der Waals surface area contributed by atoms with Crippen molar-refractivity contribution >= 4 is 0 Å². The van der Waals surface area contributed by atoms with Gasteiger partial charge in [-0.1, -0.05) is 13.3 Å². The monoisotopic (exact) mass is 255 g/mol. The Labute approximate surface area is 114 Å². The van der Waals surface area contributed by atoms with Gasteiger partial charge in [-0.3, -0.25) is 0 Å². The van der Waals surface area contributed by atoms with Gasteiger partial charge >= 0.3 is 0 Å². The van der Waals surface area contributed by atoms with E-state index in [0.29, 0.717) is 0 Å². The van der Waals surface area contributed by atoms with Crippen molar-refractivity contribution in [2.75, 3.05) is 40.8 Å². The molecule has 108 valence electrons.